The lowest BCUT2D eigenvalue weighted by molar-refractivity contribution is -0.118. The Kier molecular flexibility index (Phi) is 4.44. The van der Waals surface area contributed by atoms with E-state index in [1.165, 1.54) is 7.11 Å². The average Bonchev–Trinajstić information content (AvgIpc) is 2.56. The standard InChI is InChI=1S/C15H20N2O5/c1-15(2,3)22-14(19)17-11-8-21-12-6-5-9(20-4)7-10(12)16-13(11)18/h5-7,11H,8H2,1-4H3,(H,16,18)(H,17,19)/t11-/m0/s1. The summed E-state index contributed by atoms with van der Waals surface area (Å²) in [6, 6.07) is 4.24. The summed E-state index contributed by atoms with van der Waals surface area (Å²) in [6.45, 7) is 5.26. The molecule has 22 heavy (non-hydrogen) atoms. The Morgan fingerprint density at radius 3 is 2.77 bits per heavy atom. The van der Waals surface area contributed by atoms with Gasteiger partial charge in [-0.2, -0.15) is 0 Å². The summed E-state index contributed by atoms with van der Waals surface area (Å²) < 4.78 is 15.8. The molecule has 1 aliphatic heterocycles. The van der Waals surface area contributed by atoms with E-state index in [4.69, 9.17) is 14.2 Å². The van der Waals surface area contributed by atoms with Crippen molar-refractivity contribution in [3.8, 4) is 11.5 Å². The monoisotopic (exact) mass is 308 g/mol. The molecule has 7 nitrogen and oxygen atoms in total. The first kappa shape index (κ1) is 15.9. The second-order valence-corrected chi connectivity index (χ2v) is 5.86. The number of hydrogen-bond acceptors (Lipinski definition) is 5. The molecule has 1 aromatic rings. The molecule has 2 amide bonds. The largest absolute Gasteiger partial charge is 0.497 e. The van der Waals surface area contributed by atoms with Gasteiger partial charge in [-0.25, -0.2) is 4.79 Å². The van der Waals surface area contributed by atoms with Crippen LogP contribution in [-0.4, -0.2) is 37.4 Å². The maximum atomic E-state index is 12.2. The molecular formula is C15H20N2O5. The molecule has 1 aromatic carbocycles. The van der Waals surface area contributed by atoms with E-state index >= 15 is 0 Å². The minimum atomic E-state index is -0.840. The zero-order chi connectivity index (χ0) is 16.3. The zero-order valence-corrected chi connectivity index (χ0v) is 13.1. The highest BCUT2D eigenvalue weighted by Crippen LogP contribution is 2.30. The molecule has 0 saturated carbocycles. The number of amides is 2. The third kappa shape index (κ3) is 4.03. The average molecular weight is 308 g/mol. The van der Waals surface area contributed by atoms with Crippen LogP contribution in [0.25, 0.3) is 0 Å². The van der Waals surface area contributed by atoms with E-state index in [-0.39, 0.29) is 12.5 Å². The van der Waals surface area contributed by atoms with Crippen molar-refractivity contribution >= 4 is 17.7 Å². The van der Waals surface area contributed by atoms with Crippen LogP contribution >= 0.6 is 0 Å². The molecule has 0 aliphatic carbocycles. The Bertz CT molecular complexity index is 580. The highest BCUT2D eigenvalue weighted by molar-refractivity contribution is 5.98. The van der Waals surface area contributed by atoms with Crippen molar-refractivity contribution in [1.82, 2.24) is 5.32 Å². The van der Waals surface area contributed by atoms with Gasteiger partial charge in [0.25, 0.3) is 5.91 Å². The van der Waals surface area contributed by atoms with Gasteiger partial charge in [0.05, 0.1) is 12.8 Å². The number of nitrogens with one attached hydrogen (secondary N) is 2. The third-order valence-corrected chi connectivity index (χ3v) is 2.86. The fourth-order valence-electron chi connectivity index (χ4n) is 1.89. The number of carbonyl (C=O) groups excluding carboxylic acids is 2. The molecular weight excluding hydrogens is 288 g/mol. The van der Waals surface area contributed by atoms with Gasteiger partial charge in [-0.05, 0) is 32.9 Å². The Labute approximate surface area is 128 Å². The number of ether oxygens (including phenoxy) is 3. The Morgan fingerprint density at radius 2 is 2.14 bits per heavy atom. The molecule has 0 radical (unpaired) electrons. The van der Waals surface area contributed by atoms with Crippen molar-refractivity contribution in [3.05, 3.63) is 18.2 Å². The predicted octanol–water partition coefficient (Wildman–Crippen LogP) is 1.92. The fraction of sp³-hybridized carbons (Fsp3) is 0.467. The van der Waals surface area contributed by atoms with Gasteiger partial charge in [0.15, 0.2) is 0 Å². The lowest BCUT2D eigenvalue weighted by Gasteiger charge is -2.22. The topological polar surface area (TPSA) is 85.9 Å². The van der Waals surface area contributed by atoms with E-state index in [1.54, 1.807) is 39.0 Å². The molecule has 1 atom stereocenters. The first-order chi connectivity index (χ1) is 10.3. The van der Waals surface area contributed by atoms with Gasteiger partial charge in [0.1, 0.15) is 29.7 Å². The molecule has 0 spiro atoms. The number of benzene rings is 1. The van der Waals surface area contributed by atoms with Gasteiger partial charge in [-0.15, -0.1) is 0 Å². The van der Waals surface area contributed by atoms with Gasteiger partial charge >= 0.3 is 6.09 Å². The predicted molar refractivity (Wildman–Crippen MR) is 80.3 cm³/mol. The third-order valence-electron chi connectivity index (χ3n) is 2.86. The second kappa shape index (κ2) is 6.13. The van der Waals surface area contributed by atoms with Crippen molar-refractivity contribution in [1.29, 1.82) is 0 Å². The molecule has 0 saturated heterocycles. The van der Waals surface area contributed by atoms with Crippen molar-refractivity contribution < 1.29 is 23.8 Å². The van der Waals surface area contributed by atoms with Gasteiger partial charge in [-0.3, -0.25) is 4.79 Å². The van der Waals surface area contributed by atoms with Gasteiger partial charge in [0, 0.05) is 6.07 Å². The fourth-order valence-corrected chi connectivity index (χ4v) is 1.89. The van der Waals surface area contributed by atoms with Gasteiger partial charge in [0.2, 0.25) is 0 Å². The van der Waals surface area contributed by atoms with E-state index in [2.05, 4.69) is 10.6 Å². The highest BCUT2D eigenvalue weighted by Gasteiger charge is 2.28. The number of hydrogen-bond donors (Lipinski definition) is 2. The molecule has 1 aliphatic rings. The lowest BCUT2D eigenvalue weighted by atomic mass is 10.2. The molecule has 0 unspecified atom stereocenters. The molecule has 7 heteroatoms. The van der Waals surface area contributed by atoms with Crippen LogP contribution in [0.2, 0.25) is 0 Å². The van der Waals surface area contributed by atoms with Crippen LogP contribution in [0.5, 0.6) is 11.5 Å². The number of alkyl carbamates (subject to hydrolysis) is 1. The minimum absolute atomic E-state index is 0.0183. The Balaban J connectivity index is 2.06. The number of carbonyl (C=O) groups is 2. The number of rotatable bonds is 2. The first-order valence-corrected chi connectivity index (χ1v) is 6.90. The maximum Gasteiger partial charge on any atom is 0.408 e. The van der Waals surface area contributed by atoms with Gasteiger partial charge < -0.3 is 24.8 Å². The first-order valence-electron chi connectivity index (χ1n) is 6.90. The van der Waals surface area contributed by atoms with Crippen LogP contribution in [0, 0.1) is 0 Å². The van der Waals surface area contributed by atoms with Crippen LogP contribution in [0.3, 0.4) is 0 Å². The highest BCUT2D eigenvalue weighted by atomic mass is 16.6. The molecule has 120 valence electrons. The molecule has 1 heterocycles. The van der Waals surface area contributed by atoms with Crippen molar-refractivity contribution in [2.75, 3.05) is 19.0 Å². The van der Waals surface area contributed by atoms with E-state index < -0.39 is 17.7 Å². The number of anilines is 1. The maximum absolute atomic E-state index is 12.2. The summed E-state index contributed by atoms with van der Waals surface area (Å²) in [5.41, 5.74) is -0.138. The molecule has 0 bridgehead atoms. The lowest BCUT2D eigenvalue weighted by Crippen LogP contribution is -2.48. The second-order valence-electron chi connectivity index (χ2n) is 5.86. The summed E-state index contributed by atoms with van der Waals surface area (Å²) in [4.78, 5) is 23.9. The SMILES string of the molecule is COc1ccc2c(c1)NC(=O)[C@@H](NC(=O)OC(C)(C)C)CO2. The van der Waals surface area contributed by atoms with Crippen LogP contribution < -0.4 is 20.1 Å². The summed E-state index contributed by atoms with van der Waals surface area (Å²) >= 11 is 0. The van der Waals surface area contributed by atoms with E-state index in [9.17, 15) is 9.59 Å². The Hall–Kier alpha value is -2.44. The van der Waals surface area contributed by atoms with E-state index in [0.717, 1.165) is 0 Å². The van der Waals surface area contributed by atoms with Crippen molar-refractivity contribution in [2.45, 2.75) is 32.4 Å². The van der Waals surface area contributed by atoms with Crippen LogP contribution in [0.4, 0.5) is 10.5 Å². The molecule has 0 aromatic heterocycles. The summed E-state index contributed by atoms with van der Waals surface area (Å²) in [6.07, 6.45) is -0.667. The van der Waals surface area contributed by atoms with Gasteiger partial charge in [-0.1, -0.05) is 0 Å². The van der Waals surface area contributed by atoms with Crippen LogP contribution in [0.15, 0.2) is 18.2 Å². The minimum Gasteiger partial charge on any atom is -0.497 e. The quantitative estimate of drug-likeness (QED) is 0.872. The summed E-state index contributed by atoms with van der Waals surface area (Å²) in [5.74, 6) is 0.738. The number of fused-ring (bicyclic) bond motifs is 1. The molecule has 0 fully saturated rings. The summed E-state index contributed by atoms with van der Waals surface area (Å²) in [5, 5.41) is 5.20. The van der Waals surface area contributed by atoms with Crippen LogP contribution in [-0.2, 0) is 9.53 Å². The number of methoxy groups -OCH3 is 1. The van der Waals surface area contributed by atoms with Crippen molar-refractivity contribution in [2.24, 2.45) is 0 Å². The smallest absolute Gasteiger partial charge is 0.408 e. The Morgan fingerprint density at radius 1 is 1.41 bits per heavy atom. The zero-order valence-electron chi connectivity index (χ0n) is 13.1. The molecule has 2 N–H and O–H groups in total. The van der Waals surface area contributed by atoms with Crippen molar-refractivity contribution in [3.63, 3.8) is 0 Å². The van der Waals surface area contributed by atoms with E-state index in [0.29, 0.717) is 17.2 Å². The molecule has 2 rings (SSSR count). The summed E-state index contributed by atoms with van der Waals surface area (Å²) in [7, 11) is 1.54. The normalized spacial score (nSPS) is 17.5. The van der Waals surface area contributed by atoms with E-state index in [1.807, 2.05) is 0 Å². The van der Waals surface area contributed by atoms with Crippen LogP contribution in [0.1, 0.15) is 20.8 Å².